The fourth-order valence-corrected chi connectivity index (χ4v) is 1.36. The molecule has 0 saturated heterocycles. The fraction of sp³-hybridized carbons (Fsp3) is 0.333. The Morgan fingerprint density at radius 2 is 2.46 bits per heavy atom. The molecule has 1 rings (SSSR count). The molecule has 70 valence electrons. The predicted molar refractivity (Wildman–Crippen MR) is 56.6 cm³/mol. The van der Waals surface area contributed by atoms with Crippen molar-refractivity contribution in [2.24, 2.45) is 0 Å². The minimum absolute atomic E-state index is 0.0480. The van der Waals surface area contributed by atoms with Crippen molar-refractivity contribution in [3.05, 3.63) is 29.0 Å². The van der Waals surface area contributed by atoms with Crippen LogP contribution in [0.1, 0.15) is 23.7 Å². The van der Waals surface area contributed by atoms with Crippen molar-refractivity contribution in [1.82, 2.24) is 4.98 Å². The van der Waals surface area contributed by atoms with Crippen molar-refractivity contribution in [1.29, 1.82) is 0 Å². The SMILES string of the molecule is CC[C@@H](Br)C(=O)c1ccnc(Cl)c1. The van der Waals surface area contributed by atoms with Crippen LogP contribution in [0.15, 0.2) is 18.3 Å². The largest absolute Gasteiger partial charge is 0.293 e. The average molecular weight is 263 g/mol. The fourth-order valence-electron chi connectivity index (χ4n) is 0.922. The van der Waals surface area contributed by atoms with Crippen molar-refractivity contribution in [2.45, 2.75) is 18.2 Å². The molecule has 13 heavy (non-hydrogen) atoms. The first-order chi connectivity index (χ1) is 6.15. The van der Waals surface area contributed by atoms with Gasteiger partial charge in [0.05, 0.1) is 4.83 Å². The van der Waals surface area contributed by atoms with Crippen molar-refractivity contribution in [3.63, 3.8) is 0 Å². The zero-order valence-corrected chi connectivity index (χ0v) is 9.47. The molecule has 1 aromatic rings. The second kappa shape index (κ2) is 4.72. The molecular formula is C9H9BrClNO. The molecule has 0 aliphatic heterocycles. The highest BCUT2D eigenvalue weighted by Crippen LogP contribution is 2.15. The summed E-state index contributed by atoms with van der Waals surface area (Å²) in [6.07, 6.45) is 2.30. The second-order valence-electron chi connectivity index (χ2n) is 2.61. The zero-order valence-electron chi connectivity index (χ0n) is 7.13. The van der Waals surface area contributed by atoms with Crippen molar-refractivity contribution in [2.75, 3.05) is 0 Å². The summed E-state index contributed by atoms with van der Waals surface area (Å²) in [4.78, 5) is 15.3. The smallest absolute Gasteiger partial charge is 0.176 e. The Balaban J connectivity index is 2.89. The summed E-state index contributed by atoms with van der Waals surface area (Å²) < 4.78 is 0. The van der Waals surface area contributed by atoms with Crippen LogP contribution in [-0.2, 0) is 0 Å². The van der Waals surface area contributed by atoms with Crippen LogP contribution in [0.2, 0.25) is 5.15 Å². The van der Waals surface area contributed by atoms with Gasteiger partial charge in [0.15, 0.2) is 5.78 Å². The Morgan fingerprint density at radius 3 is 3.00 bits per heavy atom. The van der Waals surface area contributed by atoms with Crippen molar-refractivity contribution < 1.29 is 4.79 Å². The summed E-state index contributed by atoms with van der Waals surface area (Å²) in [5, 5.41) is 0.349. The Bertz CT molecular complexity index is 316. The average Bonchev–Trinajstić information content (AvgIpc) is 2.15. The Hall–Kier alpha value is -0.410. The van der Waals surface area contributed by atoms with E-state index in [4.69, 9.17) is 11.6 Å². The Kier molecular flexibility index (Phi) is 3.88. The molecule has 4 heteroatoms. The van der Waals surface area contributed by atoms with Crippen LogP contribution < -0.4 is 0 Å². The van der Waals surface area contributed by atoms with Gasteiger partial charge in [-0.2, -0.15) is 0 Å². The van der Waals surface area contributed by atoms with Crippen LogP contribution in [0.3, 0.4) is 0 Å². The first-order valence-electron chi connectivity index (χ1n) is 3.95. The van der Waals surface area contributed by atoms with E-state index in [0.29, 0.717) is 10.7 Å². The number of carbonyl (C=O) groups excluding carboxylic acids is 1. The van der Waals surface area contributed by atoms with Crippen molar-refractivity contribution in [3.8, 4) is 0 Å². The van der Waals surface area contributed by atoms with Crippen LogP contribution in [-0.4, -0.2) is 15.6 Å². The highest BCUT2D eigenvalue weighted by molar-refractivity contribution is 9.10. The van der Waals surface area contributed by atoms with Gasteiger partial charge in [-0.25, -0.2) is 4.98 Å². The van der Waals surface area contributed by atoms with Gasteiger partial charge in [-0.3, -0.25) is 4.79 Å². The molecular weight excluding hydrogens is 253 g/mol. The second-order valence-corrected chi connectivity index (χ2v) is 4.10. The number of ketones is 1. The molecule has 0 saturated carbocycles. The Morgan fingerprint density at radius 1 is 1.77 bits per heavy atom. The van der Waals surface area contributed by atoms with E-state index in [1.54, 1.807) is 12.1 Å². The van der Waals surface area contributed by atoms with Gasteiger partial charge in [0.1, 0.15) is 5.15 Å². The number of halogens is 2. The van der Waals surface area contributed by atoms with Gasteiger partial charge < -0.3 is 0 Å². The van der Waals surface area contributed by atoms with Crippen LogP contribution in [0.5, 0.6) is 0 Å². The molecule has 0 spiro atoms. The van der Waals surface area contributed by atoms with Crippen LogP contribution in [0.4, 0.5) is 0 Å². The van der Waals surface area contributed by atoms with E-state index in [1.807, 2.05) is 6.92 Å². The van der Waals surface area contributed by atoms with Gasteiger partial charge in [-0.05, 0) is 18.6 Å². The molecule has 0 aliphatic rings. The summed E-state index contributed by atoms with van der Waals surface area (Å²) >= 11 is 8.95. The number of carbonyl (C=O) groups is 1. The number of rotatable bonds is 3. The number of pyridine rings is 1. The summed E-state index contributed by atoms with van der Waals surface area (Å²) in [7, 11) is 0. The van der Waals surface area contributed by atoms with Gasteiger partial charge >= 0.3 is 0 Å². The van der Waals surface area contributed by atoms with E-state index in [0.717, 1.165) is 6.42 Å². The lowest BCUT2D eigenvalue weighted by Crippen LogP contribution is -2.12. The maximum absolute atomic E-state index is 11.6. The molecule has 0 N–H and O–H groups in total. The molecule has 0 aromatic carbocycles. The maximum Gasteiger partial charge on any atom is 0.176 e. The predicted octanol–water partition coefficient (Wildman–Crippen LogP) is 3.09. The molecule has 0 radical (unpaired) electrons. The number of alkyl halides is 1. The minimum Gasteiger partial charge on any atom is -0.293 e. The van der Waals surface area contributed by atoms with Gasteiger partial charge in [0.25, 0.3) is 0 Å². The third-order valence-corrected chi connectivity index (χ3v) is 2.92. The van der Waals surface area contributed by atoms with Gasteiger partial charge in [-0.15, -0.1) is 0 Å². The molecule has 0 aliphatic carbocycles. The highest BCUT2D eigenvalue weighted by Gasteiger charge is 2.14. The van der Waals surface area contributed by atoms with Gasteiger partial charge in [0.2, 0.25) is 0 Å². The standard InChI is InChI=1S/C9H9BrClNO/c1-2-7(10)9(13)6-3-4-12-8(11)5-6/h3-5,7H,2H2,1H3/t7-/m1/s1. The lowest BCUT2D eigenvalue weighted by molar-refractivity contribution is 0.0990. The van der Waals surface area contributed by atoms with Crippen molar-refractivity contribution >= 4 is 33.3 Å². The first-order valence-corrected chi connectivity index (χ1v) is 5.24. The highest BCUT2D eigenvalue weighted by atomic mass is 79.9. The molecule has 1 heterocycles. The zero-order chi connectivity index (χ0) is 9.84. The molecule has 0 fully saturated rings. The van der Waals surface area contributed by atoms with E-state index < -0.39 is 0 Å². The molecule has 0 unspecified atom stereocenters. The van der Waals surface area contributed by atoms with Crippen LogP contribution >= 0.6 is 27.5 Å². The molecule has 0 bridgehead atoms. The van der Waals surface area contributed by atoms with E-state index in [9.17, 15) is 4.79 Å². The van der Waals surface area contributed by atoms with Gasteiger partial charge in [-0.1, -0.05) is 34.5 Å². The van der Waals surface area contributed by atoms with E-state index in [1.165, 1.54) is 6.20 Å². The normalized spacial score (nSPS) is 12.5. The number of Topliss-reactive ketones (excluding diaryl/α,β-unsaturated/α-hetero) is 1. The number of hydrogen-bond acceptors (Lipinski definition) is 2. The summed E-state index contributed by atoms with van der Waals surface area (Å²) in [6.45, 7) is 1.94. The lowest BCUT2D eigenvalue weighted by Gasteiger charge is -2.04. The lowest BCUT2D eigenvalue weighted by atomic mass is 10.1. The minimum atomic E-state index is -0.133. The molecule has 2 nitrogen and oxygen atoms in total. The van der Waals surface area contributed by atoms with Crippen LogP contribution in [0, 0.1) is 0 Å². The third-order valence-electron chi connectivity index (χ3n) is 1.65. The number of hydrogen-bond donors (Lipinski definition) is 0. The number of nitrogens with zero attached hydrogens (tertiary/aromatic N) is 1. The topological polar surface area (TPSA) is 30.0 Å². The van der Waals surface area contributed by atoms with Gasteiger partial charge in [0, 0.05) is 11.8 Å². The van der Waals surface area contributed by atoms with E-state index >= 15 is 0 Å². The summed E-state index contributed by atoms with van der Waals surface area (Å²) in [5.41, 5.74) is 0.601. The maximum atomic E-state index is 11.6. The molecule has 1 aromatic heterocycles. The summed E-state index contributed by atoms with van der Waals surface area (Å²) in [6, 6.07) is 3.24. The quantitative estimate of drug-likeness (QED) is 0.476. The van der Waals surface area contributed by atoms with Crippen LogP contribution in [0.25, 0.3) is 0 Å². The first kappa shape index (κ1) is 10.7. The number of aromatic nitrogens is 1. The molecule has 1 atom stereocenters. The van der Waals surface area contributed by atoms with E-state index in [-0.39, 0.29) is 10.6 Å². The Labute approximate surface area is 90.4 Å². The summed E-state index contributed by atoms with van der Waals surface area (Å²) in [5.74, 6) is 0.0480. The third kappa shape index (κ3) is 2.78. The van der Waals surface area contributed by atoms with E-state index in [2.05, 4.69) is 20.9 Å². The molecule has 0 amide bonds. The monoisotopic (exact) mass is 261 g/mol.